The molecule has 2 aromatic carbocycles. The van der Waals surface area contributed by atoms with Crippen LogP contribution in [-0.4, -0.2) is 0 Å². The van der Waals surface area contributed by atoms with E-state index in [9.17, 15) is 0 Å². The number of rotatable bonds is 1. The zero-order valence-corrected chi connectivity index (χ0v) is 8.35. The van der Waals surface area contributed by atoms with Crippen molar-refractivity contribution >= 4 is 15.9 Å². The summed E-state index contributed by atoms with van der Waals surface area (Å²) in [7, 11) is 0. The quantitative estimate of drug-likeness (QED) is 0.699. The zero-order valence-electron chi connectivity index (χ0n) is 10.8. The van der Waals surface area contributed by atoms with E-state index in [0.29, 0.717) is 11.1 Å². The Hall–Kier alpha value is -1.08. The summed E-state index contributed by atoms with van der Waals surface area (Å²) >= 11 is 3.07. The van der Waals surface area contributed by atoms with Crippen molar-refractivity contribution in [3.8, 4) is 11.1 Å². The van der Waals surface area contributed by atoms with E-state index in [2.05, 4.69) is 15.9 Å². The van der Waals surface area contributed by atoms with Gasteiger partial charge in [-0.1, -0.05) is 58.3 Å². The van der Waals surface area contributed by atoms with Crippen molar-refractivity contribution in [2.75, 3.05) is 0 Å². The van der Waals surface area contributed by atoms with E-state index in [1.54, 1.807) is 12.1 Å². The summed E-state index contributed by atoms with van der Waals surface area (Å²) in [5.74, 6) is 0. The van der Waals surface area contributed by atoms with Crippen LogP contribution < -0.4 is 0 Å². The molecule has 0 N–H and O–H groups in total. The van der Waals surface area contributed by atoms with E-state index in [1.807, 2.05) is 18.2 Å². The molecule has 0 atom stereocenters. The maximum Gasteiger partial charge on any atom is 0.0635 e. The Kier molecular flexibility index (Phi) is 1.43. The Labute approximate surface area is 92.0 Å². The molecule has 1 heteroatoms. The first-order valence-electron chi connectivity index (χ1n) is 5.85. The van der Waals surface area contributed by atoms with Crippen LogP contribution in [-0.2, 0) is 0 Å². The summed E-state index contributed by atoms with van der Waals surface area (Å²) in [6.07, 6.45) is 0. The highest BCUT2D eigenvalue weighted by molar-refractivity contribution is 9.10. The molecule has 64 valence electrons. The summed E-state index contributed by atoms with van der Waals surface area (Å²) in [4.78, 5) is 0. The van der Waals surface area contributed by atoms with Gasteiger partial charge in [-0.3, -0.25) is 0 Å². The fourth-order valence-corrected chi connectivity index (χ4v) is 1.24. The van der Waals surface area contributed by atoms with E-state index in [-0.39, 0.29) is 28.6 Å². The largest absolute Gasteiger partial charge is 0.0635 e. The minimum atomic E-state index is -0.0511. The number of halogens is 1. The van der Waals surface area contributed by atoms with Gasteiger partial charge in [0.25, 0.3) is 0 Å². The topological polar surface area (TPSA) is 0 Å². The van der Waals surface area contributed by atoms with Crippen LogP contribution in [0, 0.1) is 0 Å². The van der Waals surface area contributed by atoms with Gasteiger partial charge in [0, 0.05) is 4.47 Å². The van der Waals surface area contributed by atoms with Crippen molar-refractivity contribution in [2.24, 2.45) is 0 Å². The normalized spacial score (nSPS) is 14.2. The molecular weight excluding hydrogens is 224 g/mol. The predicted octanol–water partition coefficient (Wildman–Crippen LogP) is 4.12. The Balaban J connectivity index is 2.80. The molecule has 0 saturated carbocycles. The maximum absolute atomic E-state index is 7.89. The van der Waals surface area contributed by atoms with Gasteiger partial charge < -0.3 is 0 Å². The predicted molar refractivity (Wildman–Crippen MR) is 59.6 cm³/mol. The van der Waals surface area contributed by atoms with Crippen molar-refractivity contribution in [2.45, 2.75) is 0 Å². The van der Waals surface area contributed by atoms with Crippen molar-refractivity contribution in [3.63, 3.8) is 0 Å². The Morgan fingerprint density at radius 2 is 1.46 bits per heavy atom. The molecule has 2 rings (SSSR count). The molecule has 0 heterocycles. The van der Waals surface area contributed by atoms with E-state index in [4.69, 9.17) is 5.48 Å². The molecule has 0 aliphatic rings. The first-order chi connectivity index (χ1) is 8.04. The van der Waals surface area contributed by atoms with Crippen molar-refractivity contribution in [1.29, 1.82) is 0 Å². The third-order valence-electron chi connectivity index (χ3n) is 1.66. The molecule has 0 spiro atoms. The van der Waals surface area contributed by atoms with Crippen LogP contribution in [0.1, 0.15) is 5.48 Å². The van der Waals surface area contributed by atoms with Crippen LogP contribution in [0.25, 0.3) is 11.1 Å². The van der Waals surface area contributed by atoms with Crippen molar-refractivity contribution in [1.82, 2.24) is 0 Å². The average molecular weight is 237 g/mol. The standard InChI is InChI=1S/C12H9Br/c13-12-8-6-11(7-9-12)10-4-2-1-3-5-10/h1-9H/i6D,7D,8D,9D. The Morgan fingerprint density at radius 3 is 2.08 bits per heavy atom. The fraction of sp³-hybridized carbons (Fsp3) is 0. The Morgan fingerprint density at radius 1 is 0.846 bits per heavy atom. The van der Waals surface area contributed by atoms with Crippen molar-refractivity contribution in [3.05, 3.63) is 59.0 Å². The molecule has 0 saturated heterocycles. The lowest BCUT2D eigenvalue weighted by Crippen LogP contribution is -1.75. The highest BCUT2D eigenvalue weighted by Crippen LogP contribution is 2.20. The third kappa shape index (κ3) is 1.99. The van der Waals surface area contributed by atoms with Gasteiger partial charge >= 0.3 is 0 Å². The third-order valence-corrected chi connectivity index (χ3v) is 2.05. The highest BCUT2D eigenvalue weighted by atomic mass is 79.9. The second-order valence-electron chi connectivity index (χ2n) is 2.56. The summed E-state index contributed by atoms with van der Waals surface area (Å²) < 4.78 is 31.4. The average Bonchev–Trinajstić information content (AvgIpc) is 2.36. The fourth-order valence-electron chi connectivity index (χ4n) is 1.05. The first kappa shape index (κ1) is 4.97. The monoisotopic (exact) mass is 236 g/mol. The lowest BCUT2D eigenvalue weighted by atomic mass is 10.1. The van der Waals surface area contributed by atoms with E-state index < -0.39 is 0 Å². The van der Waals surface area contributed by atoms with Gasteiger partial charge in [0.1, 0.15) is 0 Å². The summed E-state index contributed by atoms with van der Waals surface area (Å²) in [5.41, 5.74) is 1.03. The highest BCUT2D eigenvalue weighted by Gasteiger charge is 1.94. The zero-order chi connectivity index (χ0) is 12.6. The molecule has 0 fully saturated rings. The van der Waals surface area contributed by atoms with Gasteiger partial charge in [0.2, 0.25) is 0 Å². The maximum atomic E-state index is 7.89. The lowest BCUT2D eigenvalue weighted by molar-refractivity contribution is 1.59. The van der Waals surface area contributed by atoms with Gasteiger partial charge in [-0.25, -0.2) is 0 Å². The summed E-state index contributed by atoms with van der Waals surface area (Å²) in [5, 5.41) is 0. The van der Waals surface area contributed by atoms with E-state index in [1.165, 1.54) is 0 Å². The van der Waals surface area contributed by atoms with Crippen LogP contribution in [0.2, 0.25) is 0 Å². The number of hydrogen-bond acceptors (Lipinski definition) is 0. The van der Waals surface area contributed by atoms with Gasteiger partial charge in [0.15, 0.2) is 0 Å². The van der Waals surface area contributed by atoms with Gasteiger partial charge in [-0.15, -0.1) is 0 Å². The minimum Gasteiger partial charge on any atom is -0.0622 e. The van der Waals surface area contributed by atoms with Crippen LogP contribution in [0.15, 0.2) is 59.0 Å². The smallest absolute Gasteiger partial charge is 0.0622 e. The first-order valence-corrected chi connectivity index (χ1v) is 4.64. The van der Waals surface area contributed by atoms with Crippen LogP contribution in [0.5, 0.6) is 0 Å². The van der Waals surface area contributed by atoms with Gasteiger partial charge in [-0.05, 0) is 23.2 Å². The second kappa shape index (κ2) is 3.75. The van der Waals surface area contributed by atoms with E-state index in [0.717, 1.165) is 0 Å². The molecule has 0 bridgehead atoms. The molecular formula is C12H9Br. The molecule has 0 nitrogen and oxygen atoms in total. The number of benzene rings is 2. The number of hydrogen-bond donors (Lipinski definition) is 0. The molecule has 0 radical (unpaired) electrons. The van der Waals surface area contributed by atoms with Gasteiger partial charge in [0.05, 0.1) is 5.48 Å². The lowest BCUT2D eigenvalue weighted by Gasteiger charge is -2.00. The second-order valence-corrected chi connectivity index (χ2v) is 3.35. The van der Waals surface area contributed by atoms with Crippen LogP contribution >= 0.6 is 15.9 Å². The summed E-state index contributed by atoms with van der Waals surface area (Å²) in [6, 6.07) is 8.87. The molecule has 0 aliphatic heterocycles. The molecule has 0 aromatic heterocycles. The molecule has 0 aliphatic carbocycles. The molecule has 0 unspecified atom stereocenters. The van der Waals surface area contributed by atoms with E-state index >= 15 is 0 Å². The van der Waals surface area contributed by atoms with Crippen LogP contribution in [0.4, 0.5) is 0 Å². The van der Waals surface area contributed by atoms with Crippen LogP contribution in [0.3, 0.4) is 0 Å². The molecule has 0 amide bonds. The minimum absolute atomic E-state index is 0.0240. The Bertz CT molecular complexity index is 537. The van der Waals surface area contributed by atoms with Gasteiger partial charge in [-0.2, -0.15) is 0 Å². The molecule has 13 heavy (non-hydrogen) atoms. The van der Waals surface area contributed by atoms with Crippen molar-refractivity contribution < 1.29 is 5.48 Å². The summed E-state index contributed by atoms with van der Waals surface area (Å²) in [6.45, 7) is 0. The molecule has 2 aromatic rings. The SMILES string of the molecule is [2H]c1c([2H])c(-c2ccccc2)c([2H])c([2H])c1Br.